The first-order valence-electron chi connectivity index (χ1n) is 15.7. The summed E-state index contributed by atoms with van der Waals surface area (Å²) in [6, 6.07) is 13.2. The van der Waals surface area contributed by atoms with Crippen LogP contribution in [0.3, 0.4) is 0 Å². The number of hydrogen-bond acceptors (Lipinski definition) is 6. The summed E-state index contributed by atoms with van der Waals surface area (Å²) in [4.78, 5) is 30.8. The van der Waals surface area contributed by atoms with E-state index in [1.54, 1.807) is 7.11 Å². The number of quaternary nitrogens is 1. The monoisotopic (exact) mass is 596 g/mol. The third-order valence-electron chi connectivity index (χ3n) is 8.64. The fourth-order valence-electron chi connectivity index (χ4n) is 6.37. The zero-order valence-corrected chi connectivity index (χ0v) is 26.6. The molecule has 0 saturated carbocycles. The molecule has 1 amide bonds. The number of nitrogens with zero attached hydrogens (tertiary/aromatic N) is 3. The standard InChI is InChI=1S/C34H49N3O6/c1-6-7-17-35(18-10-19-37(2,3)4)32(38)24-36-23-27(25-13-14-29-26(22-25)15-20-42-29)33(34(39)40)28(36)16-21-43-31-12-9-8-11-30(31)41-5/h8-9,11-14,22,27-28,33H,6-7,10,15-21,23-24H2,1-5H3/p+1/t27-,28+,33?/m1/s1. The zero-order valence-electron chi connectivity index (χ0n) is 26.6. The molecule has 9 nitrogen and oxygen atoms in total. The lowest BCUT2D eigenvalue weighted by Gasteiger charge is -2.30. The van der Waals surface area contributed by atoms with Crippen LogP contribution in [0.25, 0.3) is 0 Å². The van der Waals surface area contributed by atoms with Crippen LogP contribution in [-0.2, 0) is 16.0 Å². The summed E-state index contributed by atoms with van der Waals surface area (Å²) in [5.74, 6) is 0.446. The molecule has 1 fully saturated rings. The first kappa shape index (κ1) is 32.6. The molecule has 4 rings (SSSR count). The number of para-hydroxylation sites is 2. The topological polar surface area (TPSA) is 88.5 Å². The summed E-state index contributed by atoms with van der Waals surface area (Å²) in [6.45, 7) is 6.21. The highest BCUT2D eigenvalue weighted by molar-refractivity contribution is 5.79. The molecule has 1 unspecified atom stereocenters. The Morgan fingerprint density at radius 2 is 1.84 bits per heavy atom. The van der Waals surface area contributed by atoms with Gasteiger partial charge in [-0.25, -0.2) is 0 Å². The number of amides is 1. The van der Waals surface area contributed by atoms with Crippen molar-refractivity contribution >= 4 is 11.9 Å². The van der Waals surface area contributed by atoms with E-state index in [4.69, 9.17) is 14.2 Å². The minimum atomic E-state index is -0.843. The molecule has 3 atom stereocenters. The fraction of sp³-hybridized carbons (Fsp3) is 0.588. The van der Waals surface area contributed by atoms with Crippen molar-refractivity contribution in [2.24, 2.45) is 5.92 Å². The van der Waals surface area contributed by atoms with E-state index in [2.05, 4.69) is 39.0 Å². The quantitative estimate of drug-likeness (QED) is 0.289. The second-order valence-corrected chi connectivity index (χ2v) is 12.8. The molecule has 0 aliphatic carbocycles. The van der Waals surface area contributed by atoms with Crippen molar-refractivity contribution in [1.29, 1.82) is 0 Å². The largest absolute Gasteiger partial charge is 0.493 e. The minimum absolute atomic E-state index is 0.0673. The average molecular weight is 597 g/mol. The second-order valence-electron chi connectivity index (χ2n) is 12.8. The van der Waals surface area contributed by atoms with E-state index >= 15 is 0 Å². The number of hydrogen-bond donors (Lipinski definition) is 1. The van der Waals surface area contributed by atoms with Crippen LogP contribution in [-0.4, -0.2) is 111 Å². The zero-order chi connectivity index (χ0) is 31.0. The third kappa shape index (κ3) is 8.63. The predicted octanol–water partition coefficient (Wildman–Crippen LogP) is 4.29. The van der Waals surface area contributed by atoms with E-state index in [0.717, 1.165) is 60.1 Å². The van der Waals surface area contributed by atoms with Crippen molar-refractivity contribution in [3.05, 3.63) is 53.6 Å². The van der Waals surface area contributed by atoms with Crippen molar-refractivity contribution < 1.29 is 33.4 Å². The maximum absolute atomic E-state index is 13.8. The van der Waals surface area contributed by atoms with Gasteiger partial charge in [0, 0.05) is 44.4 Å². The van der Waals surface area contributed by atoms with Gasteiger partial charge in [-0.05, 0) is 42.2 Å². The molecule has 2 aliphatic heterocycles. The van der Waals surface area contributed by atoms with Gasteiger partial charge in [0.25, 0.3) is 0 Å². The SMILES string of the molecule is CCCCN(CCC[N+](C)(C)C)C(=O)CN1C[C@H](c2ccc3c(c2)CCO3)C(C(=O)O)[C@@H]1CCOc1ccccc1OC. The molecule has 2 heterocycles. The highest BCUT2D eigenvalue weighted by Gasteiger charge is 2.47. The molecular formula is C34H50N3O6+. The van der Waals surface area contributed by atoms with Gasteiger partial charge in [-0.2, -0.15) is 0 Å². The molecule has 1 saturated heterocycles. The minimum Gasteiger partial charge on any atom is -0.493 e. The maximum Gasteiger partial charge on any atom is 0.308 e. The molecule has 2 aliphatic rings. The average Bonchev–Trinajstić information content (AvgIpc) is 3.58. The number of fused-ring (bicyclic) bond motifs is 1. The molecule has 0 bridgehead atoms. The number of ether oxygens (including phenoxy) is 3. The third-order valence-corrected chi connectivity index (χ3v) is 8.64. The van der Waals surface area contributed by atoms with Gasteiger partial charge in [-0.15, -0.1) is 0 Å². The lowest BCUT2D eigenvalue weighted by atomic mass is 9.83. The van der Waals surface area contributed by atoms with Crippen LogP contribution in [0.15, 0.2) is 42.5 Å². The van der Waals surface area contributed by atoms with Crippen LogP contribution >= 0.6 is 0 Å². The second kappa shape index (κ2) is 14.9. The Hall–Kier alpha value is -3.30. The van der Waals surface area contributed by atoms with Gasteiger partial charge in [0.15, 0.2) is 11.5 Å². The summed E-state index contributed by atoms with van der Waals surface area (Å²) >= 11 is 0. The Labute approximate surface area is 256 Å². The number of aliphatic carboxylic acids is 1. The van der Waals surface area contributed by atoms with E-state index in [1.165, 1.54) is 0 Å². The van der Waals surface area contributed by atoms with Crippen molar-refractivity contribution in [3.63, 3.8) is 0 Å². The van der Waals surface area contributed by atoms with Gasteiger partial charge in [0.05, 0.1) is 60.5 Å². The van der Waals surface area contributed by atoms with E-state index in [1.807, 2.05) is 41.3 Å². The van der Waals surface area contributed by atoms with Crippen LogP contribution in [0.1, 0.15) is 49.7 Å². The van der Waals surface area contributed by atoms with Crippen LogP contribution in [0, 0.1) is 5.92 Å². The van der Waals surface area contributed by atoms with Crippen molar-refractivity contribution in [2.45, 2.75) is 51.0 Å². The van der Waals surface area contributed by atoms with Gasteiger partial charge in [0.2, 0.25) is 5.91 Å². The molecule has 0 aromatic heterocycles. The van der Waals surface area contributed by atoms with Crippen LogP contribution < -0.4 is 14.2 Å². The maximum atomic E-state index is 13.8. The number of carbonyl (C=O) groups is 2. The number of unbranched alkanes of at least 4 members (excludes halogenated alkanes) is 1. The van der Waals surface area contributed by atoms with Gasteiger partial charge in [-0.3, -0.25) is 14.5 Å². The Kier molecular flexibility index (Phi) is 11.3. The summed E-state index contributed by atoms with van der Waals surface area (Å²) in [7, 11) is 8.09. The number of likely N-dealkylation sites (tertiary alicyclic amines) is 1. The summed E-state index contributed by atoms with van der Waals surface area (Å²) < 4.78 is 18.1. The number of carbonyl (C=O) groups excluding carboxylic acids is 1. The normalized spacial score (nSPS) is 20.0. The van der Waals surface area contributed by atoms with E-state index in [0.29, 0.717) is 44.2 Å². The van der Waals surface area contributed by atoms with E-state index < -0.39 is 11.9 Å². The summed E-state index contributed by atoms with van der Waals surface area (Å²) in [5, 5.41) is 10.6. The van der Waals surface area contributed by atoms with Gasteiger partial charge in [-0.1, -0.05) is 37.6 Å². The molecule has 0 spiro atoms. The number of carboxylic acids is 1. The first-order valence-corrected chi connectivity index (χ1v) is 15.7. The first-order chi connectivity index (χ1) is 20.6. The highest BCUT2D eigenvalue weighted by atomic mass is 16.5. The summed E-state index contributed by atoms with van der Waals surface area (Å²) in [5.41, 5.74) is 2.11. The van der Waals surface area contributed by atoms with E-state index in [-0.39, 0.29) is 24.4 Å². The molecule has 0 radical (unpaired) electrons. The Morgan fingerprint density at radius 3 is 2.53 bits per heavy atom. The molecular weight excluding hydrogens is 546 g/mol. The Balaban J connectivity index is 1.55. The van der Waals surface area contributed by atoms with Crippen molar-refractivity contribution in [3.8, 4) is 17.2 Å². The van der Waals surface area contributed by atoms with Crippen molar-refractivity contribution in [2.75, 3.05) is 74.2 Å². The van der Waals surface area contributed by atoms with Gasteiger partial charge >= 0.3 is 5.97 Å². The van der Waals surface area contributed by atoms with Crippen LogP contribution in [0.2, 0.25) is 0 Å². The van der Waals surface area contributed by atoms with Crippen LogP contribution in [0.4, 0.5) is 0 Å². The van der Waals surface area contributed by atoms with Gasteiger partial charge in [0.1, 0.15) is 5.75 Å². The molecule has 2 aromatic rings. The lowest BCUT2D eigenvalue weighted by Crippen LogP contribution is -2.46. The fourth-order valence-corrected chi connectivity index (χ4v) is 6.37. The van der Waals surface area contributed by atoms with Gasteiger partial charge < -0.3 is 28.7 Å². The molecule has 2 aromatic carbocycles. The predicted molar refractivity (Wildman–Crippen MR) is 167 cm³/mol. The summed E-state index contributed by atoms with van der Waals surface area (Å²) in [6.07, 6.45) is 4.18. The smallest absolute Gasteiger partial charge is 0.308 e. The highest BCUT2D eigenvalue weighted by Crippen LogP contribution is 2.41. The van der Waals surface area contributed by atoms with Crippen molar-refractivity contribution in [1.82, 2.24) is 9.80 Å². The number of rotatable bonds is 16. The number of methoxy groups -OCH3 is 1. The molecule has 43 heavy (non-hydrogen) atoms. The number of benzene rings is 2. The Morgan fingerprint density at radius 1 is 1.09 bits per heavy atom. The van der Waals surface area contributed by atoms with E-state index in [9.17, 15) is 14.7 Å². The van der Waals surface area contributed by atoms with Crippen LogP contribution in [0.5, 0.6) is 17.2 Å². The number of carboxylic acid groups (broad SMARTS) is 1. The molecule has 9 heteroatoms. The lowest BCUT2D eigenvalue weighted by molar-refractivity contribution is -0.870. The molecule has 236 valence electrons. The molecule has 1 N–H and O–H groups in total. The Bertz CT molecular complexity index is 1230.